The molecular formula is C22H23BrCl2O4. The Morgan fingerprint density at radius 3 is 2.14 bits per heavy atom. The van der Waals surface area contributed by atoms with Crippen LogP contribution in [0.2, 0.25) is 5.02 Å². The van der Waals surface area contributed by atoms with Crippen LogP contribution in [0.25, 0.3) is 0 Å². The first kappa shape index (κ1) is 23.7. The summed E-state index contributed by atoms with van der Waals surface area (Å²) in [6.07, 6.45) is 4.90. The topological polar surface area (TPSA) is 52.6 Å². The molecule has 0 aliphatic rings. The minimum atomic E-state index is -0.928. The molecule has 0 N–H and O–H groups in total. The first-order valence-electron chi connectivity index (χ1n) is 9.47. The van der Waals surface area contributed by atoms with Gasteiger partial charge in [-0.3, -0.25) is 0 Å². The van der Waals surface area contributed by atoms with E-state index in [0.29, 0.717) is 10.8 Å². The Labute approximate surface area is 189 Å². The molecule has 29 heavy (non-hydrogen) atoms. The maximum Gasteiger partial charge on any atom is 0.409 e. The van der Waals surface area contributed by atoms with Crippen molar-refractivity contribution < 1.29 is 19.1 Å². The SMILES string of the molecule is CCCCC(CCC)(c1ccc(OC(=O)Br)cc1)c1ccc(OC(=O)Cl)c(Cl)c1. The Morgan fingerprint density at radius 2 is 1.62 bits per heavy atom. The molecule has 156 valence electrons. The molecule has 0 aromatic heterocycles. The minimum Gasteiger partial charge on any atom is -0.418 e. The van der Waals surface area contributed by atoms with Crippen LogP contribution in [0.4, 0.5) is 9.59 Å². The lowest BCUT2D eigenvalue weighted by Gasteiger charge is -2.36. The van der Waals surface area contributed by atoms with Crippen LogP contribution in [-0.2, 0) is 5.41 Å². The molecule has 0 radical (unpaired) electrons. The third kappa shape index (κ3) is 6.21. The molecule has 4 nitrogen and oxygen atoms in total. The summed E-state index contributed by atoms with van der Waals surface area (Å²) in [6.45, 7) is 4.30. The number of benzene rings is 2. The molecule has 2 aromatic carbocycles. The highest BCUT2D eigenvalue weighted by Gasteiger charge is 2.33. The molecular weight excluding hydrogens is 479 g/mol. The lowest BCUT2D eigenvalue weighted by Crippen LogP contribution is -2.28. The zero-order valence-electron chi connectivity index (χ0n) is 16.3. The van der Waals surface area contributed by atoms with E-state index in [0.717, 1.165) is 43.2 Å². The van der Waals surface area contributed by atoms with E-state index in [1.165, 1.54) is 0 Å². The number of halogens is 3. The van der Waals surface area contributed by atoms with Gasteiger partial charge >= 0.3 is 10.3 Å². The van der Waals surface area contributed by atoms with Gasteiger partial charge in [-0.05, 0) is 48.2 Å². The van der Waals surface area contributed by atoms with Gasteiger partial charge in [-0.15, -0.1) is 0 Å². The van der Waals surface area contributed by atoms with Gasteiger partial charge < -0.3 is 9.47 Å². The monoisotopic (exact) mass is 500 g/mol. The van der Waals surface area contributed by atoms with Crippen LogP contribution in [0.1, 0.15) is 57.1 Å². The fourth-order valence-electron chi connectivity index (χ4n) is 3.68. The van der Waals surface area contributed by atoms with Crippen molar-refractivity contribution in [2.45, 2.75) is 51.4 Å². The van der Waals surface area contributed by atoms with Gasteiger partial charge in [-0.2, -0.15) is 0 Å². The van der Waals surface area contributed by atoms with Gasteiger partial charge in [-0.1, -0.05) is 62.9 Å². The molecule has 0 aliphatic carbocycles. The fraction of sp³-hybridized carbons (Fsp3) is 0.364. The molecule has 0 saturated heterocycles. The van der Waals surface area contributed by atoms with E-state index in [2.05, 4.69) is 29.8 Å². The summed E-state index contributed by atoms with van der Waals surface area (Å²) in [4.78, 5) is 21.7. The maximum absolute atomic E-state index is 11.1. The second-order valence-electron chi connectivity index (χ2n) is 6.78. The van der Waals surface area contributed by atoms with Gasteiger partial charge in [0.05, 0.1) is 5.02 Å². The van der Waals surface area contributed by atoms with Crippen LogP contribution in [-0.4, -0.2) is 10.3 Å². The highest BCUT2D eigenvalue weighted by molar-refractivity contribution is 9.18. The van der Waals surface area contributed by atoms with E-state index in [9.17, 15) is 9.59 Å². The van der Waals surface area contributed by atoms with Crippen molar-refractivity contribution in [1.29, 1.82) is 0 Å². The number of carbonyl (C=O) groups is 2. The number of hydrogen-bond acceptors (Lipinski definition) is 4. The predicted octanol–water partition coefficient (Wildman–Crippen LogP) is 8.25. The number of rotatable bonds is 9. The van der Waals surface area contributed by atoms with Crippen molar-refractivity contribution in [3.8, 4) is 11.5 Å². The van der Waals surface area contributed by atoms with Crippen molar-refractivity contribution in [2.75, 3.05) is 0 Å². The van der Waals surface area contributed by atoms with Crippen LogP contribution in [0, 0.1) is 0 Å². The van der Waals surface area contributed by atoms with Crippen LogP contribution >= 0.6 is 39.1 Å². The lowest BCUT2D eigenvalue weighted by atomic mass is 9.68. The highest BCUT2D eigenvalue weighted by Crippen LogP contribution is 2.44. The second kappa shape index (κ2) is 11.0. The number of carbonyl (C=O) groups excluding carboxylic acids is 2. The third-order valence-corrected chi connectivity index (χ3v) is 5.45. The normalized spacial score (nSPS) is 12.9. The number of unbranched alkanes of at least 4 members (excludes halogenated alkanes) is 1. The zero-order chi connectivity index (χ0) is 21.4. The summed E-state index contributed by atoms with van der Waals surface area (Å²) in [5, 5.41) is 0.332. The second-order valence-corrected chi connectivity index (χ2v) is 8.15. The Bertz CT molecular complexity index is 854. The zero-order valence-corrected chi connectivity index (χ0v) is 19.4. The summed E-state index contributed by atoms with van der Waals surface area (Å²) >= 11 is 14.5. The lowest BCUT2D eigenvalue weighted by molar-refractivity contribution is 0.225. The van der Waals surface area contributed by atoms with E-state index < -0.39 is 10.3 Å². The van der Waals surface area contributed by atoms with E-state index in [-0.39, 0.29) is 11.2 Å². The molecule has 0 bridgehead atoms. The first-order valence-corrected chi connectivity index (χ1v) is 11.0. The van der Waals surface area contributed by atoms with Crippen molar-refractivity contribution in [1.82, 2.24) is 0 Å². The van der Waals surface area contributed by atoms with E-state index in [4.69, 9.17) is 32.7 Å². The average Bonchev–Trinajstić information content (AvgIpc) is 2.67. The minimum absolute atomic E-state index is 0.232. The summed E-state index contributed by atoms with van der Waals surface area (Å²) < 4.78 is 10.1. The van der Waals surface area contributed by atoms with Crippen molar-refractivity contribution in [3.63, 3.8) is 0 Å². The number of hydrogen-bond donors (Lipinski definition) is 0. The van der Waals surface area contributed by atoms with Gasteiger partial charge in [0.15, 0.2) is 5.75 Å². The molecule has 0 fully saturated rings. The highest BCUT2D eigenvalue weighted by atomic mass is 79.9. The van der Waals surface area contributed by atoms with Crippen LogP contribution in [0.15, 0.2) is 42.5 Å². The molecule has 7 heteroatoms. The summed E-state index contributed by atoms with van der Waals surface area (Å²) in [5.74, 6) is 0.704. The summed E-state index contributed by atoms with van der Waals surface area (Å²) in [6, 6.07) is 13.0. The summed E-state index contributed by atoms with van der Waals surface area (Å²) in [7, 11) is 0. The Balaban J connectivity index is 2.54. The quantitative estimate of drug-likeness (QED) is 0.324. The van der Waals surface area contributed by atoms with E-state index in [1.807, 2.05) is 24.3 Å². The average molecular weight is 502 g/mol. The van der Waals surface area contributed by atoms with Crippen molar-refractivity contribution >= 4 is 49.4 Å². The summed E-state index contributed by atoms with van der Waals surface area (Å²) in [5.41, 5.74) is 0.953. The standard InChI is InChI=1S/C22H23BrCl2O4/c1-3-5-13-22(12-4-2,15-6-9-17(10-7-15)28-20(23)26)16-8-11-19(18(24)14-16)29-21(25)27/h6-11,14H,3-5,12-13H2,1-2H3. The molecule has 0 heterocycles. The molecule has 1 atom stereocenters. The van der Waals surface area contributed by atoms with Crippen molar-refractivity contribution in [3.05, 3.63) is 58.6 Å². The molecule has 0 saturated carbocycles. The third-order valence-electron chi connectivity index (χ3n) is 4.91. The van der Waals surface area contributed by atoms with Gasteiger partial charge in [0.1, 0.15) is 5.75 Å². The van der Waals surface area contributed by atoms with Crippen LogP contribution in [0.5, 0.6) is 11.5 Å². The Kier molecular flexibility index (Phi) is 9.00. The molecule has 0 aliphatic heterocycles. The first-order chi connectivity index (χ1) is 13.8. The van der Waals surface area contributed by atoms with Crippen LogP contribution in [0.3, 0.4) is 0 Å². The Morgan fingerprint density at radius 1 is 0.966 bits per heavy atom. The largest absolute Gasteiger partial charge is 0.418 e. The van der Waals surface area contributed by atoms with Crippen molar-refractivity contribution in [2.24, 2.45) is 0 Å². The van der Waals surface area contributed by atoms with E-state index in [1.54, 1.807) is 18.2 Å². The smallest absolute Gasteiger partial charge is 0.409 e. The van der Waals surface area contributed by atoms with Gasteiger partial charge in [0.25, 0.3) is 0 Å². The van der Waals surface area contributed by atoms with Gasteiger partial charge in [0, 0.05) is 32.9 Å². The molecule has 2 aromatic rings. The predicted molar refractivity (Wildman–Crippen MR) is 120 cm³/mol. The van der Waals surface area contributed by atoms with Crippen LogP contribution < -0.4 is 9.47 Å². The molecule has 1 unspecified atom stereocenters. The van der Waals surface area contributed by atoms with E-state index >= 15 is 0 Å². The Hall–Kier alpha value is -1.56. The maximum atomic E-state index is 11.1. The molecule has 2 rings (SSSR count). The van der Waals surface area contributed by atoms with Gasteiger partial charge in [0.2, 0.25) is 0 Å². The number of ether oxygens (including phenoxy) is 2. The molecule has 0 amide bonds. The molecule has 0 spiro atoms. The fourth-order valence-corrected chi connectivity index (χ4v) is 4.17. The van der Waals surface area contributed by atoms with Gasteiger partial charge in [-0.25, -0.2) is 9.59 Å².